The van der Waals surface area contributed by atoms with Crippen LogP contribution in [0.5, 0.6) is 0 Å². The Bertz CT molecular complexity index is 464. The SMILES string of the molecule is CCC(C)=N/C(C)=C(\C)c1ccc(C)cc1C. The molecule has 1 aromatic carbocycles. The molecule has 1 rings (SSSR count). The molecule has 0 amide bonds. The van der Waals surface area contributed by atoms with Gasteiger partial charge in [0.25, 0.3) is 0 Å². The standard InChI is InChI=1S/C16H23N/c1-7-13(4)17-15(6)14(5)16-9-8-11(2)10-12(16)3/h8-10H,7H2,1-6H3/b15-14+,17-13?. The van der Waals surface area contributed by atoms with E-state index >= 15 is 0 Å². The molecule has 0 radical (unpaired) electrons. The molecule has 1 aromatic rings. The summed E-state index contributed by atoms with van der Waals surface area (Å²) in [6.07, 6.45) is 1.01. The van der Waals surface area contributed by atoms with Gasteiger partial charge in [-0.1, -0.05) is 30.7 Å². The lowest BCUT2D eigenvalue weighted by Crippen LogP contribution is -1.92. The van der Waals surface area contributed by atoms with E-state index in [4.69, 9.17) is 0 Å². The average molecular weight is 229 g/mol. The summed E-state index contributed by atoms with van der Waals surface area (Å²) in [5, 5.41) is 0. The van der Waals surface area contributed by atoms with Crippen LogP contribution >= 0.6 is 0 Å². The van der Waals surface area contributed by atoms with E-state index in [0.29, 0.717) is 0 Å². The first-order chi connectivity index (χ1) is 7.95. The van der Waals surface area contributed by atoms with Gasteiger partial charge in [-0.2, -0.15) is 0 Å². The topological polar surface area (TPSA) is 12.4 Å². The molecule has 1 nitrogen and oxygen atoms in total. The summed E-state index contributed by atoms with van der Waals surface area (Å²) in [5.74, 6) is 0. The van der Waals surface area contributed by atoms with Crippen LogP contribution in [-0.4, -0.2) is 5.71 Å². The van der Waals surface area contributed by atoms with E-state index in [-0.39, 0.29) is 0 Å². The van der Waals surface area contributed by atoms with Gasteiger partial charge in [0.1, 0.15) is 0 Å². The second kappa shape index (κ2) is 5.81. The summed E-state index contributed by atoms with van der Waals surface area (Å²) in [7, 11) is 0. The number of aliphatic imine (C=N–C) groups is 1. The molecule has 0 aromatic heterocycles. The van der Waals surface area contributed by atoms with Crippen molar-refractivity contribution >= 4 is 11.3 Å². The molecule has 92 valence electrons. The van der Waals surface area contributed by atoms with E-state index < -0.39 is 0 Å². The number of aryl methyl sites for hydroxylation is 2. The molecule has 0 N–H and O–H groups in total. The van der Waals surface area contributed by atoms with Crippen LogP contribution in [-0.2, 0) is 0 Å². The van der Waals surface area contributed by atoms with Crippen LogP contribution in [0.4, 0.5) is 0 Å². The Morgan fingerprint density at radius 2 is 1.76 bits per heavy atom. The first-order valence-electron chi connectivity index (χ1n) is 6.25. The zero-order chi connectivity index (χ0) is 13.0. The zero-order valence-electron chi connectivity index (χ0n) is 11.9. The average Bonchev–Trinajstić information content (AvgIpc) is 2.28. The fraction of sp³-hybridized carbons (Fsp3) is 0.438. The van der Waals surface area contributed by atoms with Gasteiger partial charge in [-0.15, -0.1) is 0 Å². The molecule has 1 heteroatoms. The fourth-order valence-electron chi connectivity index (χ4n) is 1.88. The summed E-state index contributed by atoms with van der Waals surface area (Å²) >= 11 is 0. The zero-order valence-corrected chi connectivity index (χ0v) is 11.9. The Morgan fingerprint density at radius 3 is 2.29 bits per heavy atom. The predicted molar refractivity (Wildman–Crippen MR) is 77.6 cm³/mol. The van der Waals surface area contributed by atoms with Gasteiger partial charge in [-0.25, -0.2) is 0 Å². The molecule has 0 fully saturated rings. The van der Waals surface area contributed by atoms with Crippen molar-refractivity contribution in [1.82, 2.24) is 0 Å². The fourth-order valence-corrected chi connectivity index (χ4v) is 1.88. The van der Waals surface area contributed by atoms with Crippen LogP contribution in [0.3, 0.4) is 0 Å². The summed E-state index contributed by atoms with van der Waals surface area (Å²) in [6, 6.07) is 6.58. The van der Waals surface area contributed by atoms with Gasteiger partial charge in [-0.3, -0.25) is 4.99 Å². The molecule has 0 saturated carbocycles. The lowest BCUT2D eigenvalue weighted by Gasteiger charge is -2.09. The van der Waals surface area contributed by atoms with E-state index in [0.717, 1.165) is 12.1 Å². The third kappa shape index (κ3) is 3.55. The Morgan fingerprint density at radius 1 is 1.12 bits per heavy atom. The second-order valence-electron chi connectivity index (χ2n) is 4.73. The minimum Gasteiger partial charge on any atom is -0.263 e. The predicted octanol–water partition coefficient (Wildman–Crippen LogP) is 4.93. The first kappa shape index (κ1) is 13.7. The van der Waals surface area contributed by atoms with E-state index in [1.165, 1.54) is 28.0 Å². The highest BCUT2D eigenvalue weighted by molar-refractivity contribution is 5.84. The van der Waals surface area contributed by atoms with Gasteiger partial charge in [0.2, 0.25) is 0 Å². The van der Waals surface area contributed by atoms with Crippen molar-refractivity contribution in [2.45, 2.75) is 48.0 Å². The number of allylic oxidation sites excluding steroid dienone is 2. The summed E-state index contributed by atoms with van der Waals surface area (Å²) in [4.78, 5) is 4.63. The molecule has 0 aliphatic rings. The first-order valence-corrected chi connectivity index (χ1v) is 6.25. The maximum Gasteiger partial charge on any atom is 0.0407 e. The number of nitrogens with zero attached hydrogens (tertiary/aromatic N) is 1. The van der Waals surface area contributed by atoms with Gasteiger partial charge in [0.05, 0.1) is 0 Å². The number of hydrogen-bond acceptors (Lipinski definition) is 1. The Labute approximate surface area is 105 Å². The van der Waals surface area contributed by atoms with E-state index in [2.05, 4.69) is 64.7 Å². The lowest BCUT2D eigenvalue weighted by atomic mass is 9.98. The minimum absolute atomic E-state index is 1.01. The lowest BCUT2D eigenvalue weighted by molar-refractivity contribution is 1.20. The summed E-state index contributed by atoms with van der Waals surface area (Å²) in [6.45, 7) is 12.8. The molecular weight excluding hydrogens is 206 g/mol. The number of hydrogen-bond donors (Lipinski definition) is 0. The highest BCUT2D eigenvalue weighted by Crippen LogP contribution is 2.23. The highest BCUT2D eigenvalue weighted by Gasteiger charge is 2.04. The number of rotatable bonds is 3. The Balaban J connectivity index is 3.19. The Hall–Kier alpha value is -1.37. The molecular formula is C16H23N. The van der Waals surface area contributed by atoms with Crippen LogP contribution in [0.15, 0.2) is 28.9 Å². The largest absolute Gasteiger partial charge is 0.263 e. The molecule has 0 aliphatic carbocycles. The third-order valence-corrected chi connectivity index (χ3v) is 3.20. The van der Waals surface area contributed by atoms with Gasteiger partial charge in [0.15, 0.2) is 0 Å². The van der Waals surface area contributed by atoms with E-state index in [1.807, 2.05) is 0 Å². The third-order valence-electron chi connectivity index (χ3n) is 3.20. The molecule has 0 aliphatic heterocycles. The maximum absolute atomic E-state index is 4.63. The van der Waals surface area contributed by atoms with Crippen LogP contribution in [0.25, 0.3) is 5.57 Å². The Kier molecular flexibility index (Phi) is 4.68. The van der Waals surface area contributed by atoms with Crippen molar-refractivity contribution in [3.8, 4) is 0 Å². The normalized spacial score (nSPS) is 13.6. The van der Waals surface area contributed by atoms with Gasteiger partial charge >= 0.3 is 0 Å². The summed E-state index contributed by atoms with van der Waals surface area (Å²) in [5.41, 5.74) is 7.52. The molecule has 0 unspecified atom stereocenters. The van der Waals surface area contributed by atoms with Gasteiger partial charge in [0, 0.05) is 11.4 Å². The molecule has 0 bridgehead atoms. The number of benzene rings is 1. The van der Waals surface area contributed by atoms with E-state index in [1.54, 1.807) is 0 Å². The molecule has 0 spiro atoms. The highest BCUT2D eigenvalue weighted by atomic mass is 14.7. The van der Waals surface area contributed by atoms with Crippen LogP contribution in [0.2, 0.25) is 0 Å². The van der Waals surface area contributed by atoms with Crippen molar-refractivity contribution in [1.29, 1.82) is 0 Å². The van der Waals surface area contributed by atoms with Crippen molar-refractivity contribution < 1.29 is 0 Å². The molecule has 0 saturated heterocycles. The quantitative estimate of drug-likeness (QED) is 0.652. The van der Waals surface area contributed by atoms with Crippen LogP contribution in [0.1, 0.15) is 50.8 Å². The van der Waals surface area contributed by atoms with Crippen molar-refractivity contribution in [3.63, 3.8) is 0 Å². The molecule has 0 atom stereocenters. The van der Waals surface area contributed by atoms with Crippen molar-refractivity contribution in [3.05, 3.63) is 40.6 Å². The van der Waals surface area contributed by atoms with E-state index in [9.17, 15) is 0 Å². The molecule has 17 heavy (non-hydrogen) atoms. The van der Waals surface area contributed by atoms with Crippen LogP contribution in [0, 0.1) is 13.8 Å². The maximum atomic E-state index is 4.63. The summed E-state index contributed by atoms with van der Waals surface area (Å²) < 4.78 is 0. The van der Waals surface area contributed by atoms with Gasteiger partial charge < -0.3 is 0 Å². The monoisotopic (exact) mass is 229 g/mol. The molecule has 0 heterocycles. The second-order valence-corrected chi connectivity index (χ2v) is 4.73. The van der Waals surface area contributed by atoms with Crippen molar-refractivity contribution in [2.24, 2.45) is 4.99 Å². The van der Waals surface area contributed by atoms with Gasteiger partial charge in [-0.05, 0) is 57.7 Å². The van der Waals surface area contributed by atoms with Crippen molar-refractivity contribution in [2.75, 3.05) is 0 Å². The van der Waals surface area contributed by atoms with Crippen LogP contribution < -0.4 is 0 Å². The minimum atomic E-state index is 1.01. The smallest absolute Gasteiger partial charge is 0.0407 e.